The van der Waals surface area contributed by atoms with Crippen molar-refractivity contribution in [3.05, 3.63) is 112 Å². The second kappa shape index (κ2) is 13.1. The molecule has 8 heteroatoms. The van der Waals surface area contributed by atoms with Gasteiger partial charge in [0.15, 0.2) is 5.43 Å². The van der Waals surface area contributed by atoms with Crippen LogP contribution in [0.4, 0.5) is 4.39 Å². The number of rotatable bonds is 11. The number of hydrogen-bond donors (Lipinski definition) is 0. The van der Waals surface area contributed by atoms with E-state index in [4.69, 9.17) is 9.15 Å². The highest BCUT2D eigenvalue weighted by Crippen LogP contribution is 2.21. The molecule has 40 heavy (non-hydrogen) atoms. The minimum absolute atomic E-state index is 0.0375. The third kappa shape index (κ3) is 6.94. The van der Waals surface area contributed by atoms with Crippen LogP contribution in [0.25, 0.3) is 11.0 Å². The molecule has 1 heterocycles. The third-order valence-electron chi connectivity index (χ3n) is 6.68. The van der Waals surface area contributed by atoms with E-state index in [9.17, 15) is 18.8 Å². The maximum Gasteiger partial charge on any atom is 0.258 e. The monoisotopic (exact) mass is 544 g/mol. The van der Waals surface area contributed by atoms with Crippen LogP contribution in [-0.2, 0) is 17.9 Å². The molecule has 0 fully saturated rings. The van der Waals surface area contributed by atoms with Gasteiger partial charge in [-0.25, -0.2) is 4.39 Å². The minimum Gasteiger partial charge on any atom is -0.496 e. The zero-order valence-corrected chi connectivity index (χ0v) is 22.9. The molecule has 0 saturated carbocycles. The summed E-state index contributed by atoms with van der Waals surface area (Å²) >= 11 is 0. The highest BCUT2D eigenvalue weighted by molar-refractivity contribution is 5.98. The fourth-order valence-corrected chi connectivity index (χ4v) is 4.40. The number of methoxy groups -OCH3 is 1. The summed E-state index contributed by atoms with van der Waals surface area (Å²) in [4.78, 5) is 43.7. The molecule has 4 rings (SSSR count). The maximum absolute atomic E-state index is 13.8. The molecule has 3 aromatic carbocycles. The van der Waals surface area contributed by atoms with Crippen molar-refractivity contribution in [2.24, 2.45) is 5.92 Å². The quantitative estimate of drug-likeness (QED) is 0.244. The Hall–Kier alpha value is -4.46. The first-order valence-electron chi connectivity index (χ1n) is 13.2. The summed E-state index contributed by atoms with van der Waals surface area (Å²) in [6.07, 6.45) is 2.06. The number of hydrogen-bond acceptors (Lipinski definition) is 5. The Morgan fingerprint density at radius 1 is 0.925 bits per heavy atom. The van der Waals surface area contributed by atoms with Crippen LogP contribution in [0.5, 0.6) is 5.75 Å². The molecule has 0 atom stereocenters. The van der Waals surface area contributed by atoms with Crippen molar-refractivity contribution in [3.63, 3.8) is 0 Å². The lowest BCUT2D eigenvalue weighted by molar-refractivity contribution is -0.133. The lowest BCUT2D eigenvalue weighted by atomic mass is 10.1. The molecule has 7 nitrogen and oxygen atoms in total. The number of amides is 2. The summed E-state index contributed by atoms with van der Waals surface area (Å²) in [6.45, 7) is 4.34. The van der Waals surface area contributed by atoms with Crippen LogP contribution < -0.4 is 10.2 Å². The molecule has 1 aromatic heterocycles. The molecule has 0 unspecified atom stereocenters. The molecule has 0 aliphatic carbocycles. The molecule has 208 valence electrons. The SMILES string of the molecule is COc1ccccc1C(=O)N(CCC(C)C)CC(=O)N(Cc1ccc(F)cc1)Cc1coc2ccccc2c1=O. The number of fused-ring (bicyclic) bond motifs is 1. The summed E-state index contributed by atoms with van der Waals surface area (Å²) in [7, 11) is 1.50. The van der Waals surface area contributed by atoms with Gasteiger partial charge in [-0.3, -0.25) is 14.4 Å². The average Bonchev–Trinajstić information content (AvgIpc) is 2.96. The number of nitrogens with zero attached hydrogens (tertiary/aromatic N) is 2. The van der Waals surface area contributed by atoms with Crippen LogP contribution in [0.2, 0.25) is 0 Å². The van der Waals surface area contributed by atoms with Crippen molar-refractivity contribution in [1.29, 1.82) is 0 Å². The molecule has 0 radical (unpaired) electrons. The number of benzene rings is 3. The van der Waals surface area contributed by atoms with Gasteiger partial charge < -0.3 is 19.0 Å². The van der Waals surface area contributed by atoms with Crippen molar-refractivity contribution in [1.82, 2.24) is 9.80 Å². The van der Waals surface area contributed by atoms with Gasteiger partial charge in [0.05, 0.1) is 36.4 Å². The molecule has 0 aliphatic rings. The molecule has 0 aliphatic heterocycles. The average molecular weight is 545 g/mol. The summed E-state index contributed by atoms with van der Waals surface area (Å²) in [6, 6.07) is 19.6. The Balaban J connectivity index is 1.65. The van der Waals surface area contributed by atoms with Gasteiger partial charge in [-0.2, -0.15) is 0 Å². The lowest BCUT2D eigenvalue weighted by Gasteiger charge is -2.28. The van der Waals surface area contributed by atoms with Crippen LogP contribution >= 0.6 is 0 Å². The molecular formula is C32H33FN2O5. The number of carbonyl (C=O) groups is 2. The van der Waals surface area contributed by atoms with Gasteiger partial charge in [-0.05, 0) is 54.3 Å². The summed E-state index contributed by atoms with van der Waals surface area (Å²) in [5.74, 6) is -0.339. The Bertz CT molecular complexity index is 1530. The molecule has 0 N–H and O–H groups in total. The van der Waals surface area contributed by atoms with Gasteiger partial charge in [-0.15, -0.1) is 0 Å². The van der Waals surface area contributed by atoms with Crippen LogP contribution in [0.1, 0.15) is 41.8 Å². The van der Waals surface area contributed by atoms with E-state index in [-0.39, 0.29) is 42.7 Å². The van der Waals surface area contributed by atoms with E-state index in [1.54, 1.807) is 60.7 Å². The zero-order valence-electron chi connectivity index (χ0n) is 22.9. The van der Waals surface area contributed by atoms with Crippen molar-refractivity contribution >= 4 is 22.8 Å². The number of halogens is 1. The van der Waals surface area contributed by atoms with E-state index in [0.29, 0.717) is 52.3 Å². The molecule has 0 bridgehead atoms. The first kappa shape index (κ1) is 28.5. The van der Waals surface area contributed by atoms with E-state index in [1.165, 1.54) is 35.3 Å². The molecule has 0 spiro atoms. The van der Waals surface area contributed by atoms with E-state index >= 15 is 0 Å². The summed E-state index contributed by atoms with van der Waals surface area (Å²) in [5, 5.41) is 0.416. The Labute approximate surface area is 232 Å². The van der Waals surface area contributed by atoms with E-state index < -0.39 is 0 Å². The number of para-hydroxylation sites is 2. The Kier molecular flexibility index (Phi) is 9.32. The fourth-order valence-electron chi connectivity index (χ4n) is 4.40. The smallest absolute Gasteiger partial charge is 0.258 e. The summed E-state index contributed by atoms with van der Waals surface area (Å²) < 4.78 is 24.6. The van der Waals surface area contributed by atoms with Crippen LogP contribution in [0.3, 0.4) is 0 Å². The standard InChI is InChI=1S/C32H33FN2O5/c1-22(2)16-17-34(32(38)27-9-5-6-10-28(27)39-3)20-30(36)35(18-23-12-14-25(33)15-13-23)19-24-21-40-29-11-7-4-8-26(29)31(24)37/h4-15,21-22H,16-20H2,1-3H3. The molecule has 0 saturated heterocycles. The van der Waals surface area contributed by atoms with Crippen LogP contribution in [0, 0.1) is 11.7 Å². The van der Waals surface area contributed by atoms with E-state index in [2.05, 4.69) is 0 Å². The highest BCUT2D eigenvalue weighted by Gasteiger charge is 2.25. The number of carbonyl (C=O) groups excluding carboxylic acids is 2. The predicted octanol–water partition coefficient (Wildman–Crippen LogP) is 5.66. The second-order valence-electron chi connectivity index (χ2n) is 10.1. The highest BCUT2D eigenvalue weighted by atomic mass is 19.1. The lowest BCUT2D eigenvalue weighted by Crippen LogP contribution is -2.43. The molecular weight excluding hydrogens is 511 g/mol. The Morgan fingerprint density at radius 3 is 2.35 bits per heavy atom. The van der Waals surface area contributed by atoms with Crippen molar-refractivity contribution in [2.75, 3.05) is 20.2 Å². The van der Waals surface area contributed by atoms with Gasteiger partial charge in [0, 0.05) is 13.1 Å². The van der Waals surface area contributed by atoms with Gasteiger partial charge in [0.1, 0.15) is 23.7 Å². The van der Waals surface area contributed by atoms with E-state index in [0.717, 1.165) is 0 Å². The molecule has 4 aromatic rings. The predicted molar refractivity (Wildman–Crippen MR) is 151 cm³/mol. The first-order valence-corrected chi connectivity index (χ1v) is 13.2. The minimum atomic E-state index is -0.390. The zero-order chi connectivity index (χ0) is 28.6. The van der Waals surface area contributed by atoms with Gasteiger partial charge in [0.2, 0.25) is 5.91 Å². The van der Waals surface area contributed by atoms with E-state index in [1.807, 2.05) is 13.8 Å². The second-order valence-corrected chi connectivity index (χ2v) is 10.1. The topological polar surface area (TPSA) is 80.1 Å². The third-order valence-corrected chi connectivity index (χ3v) is 6.68. The summed E-state index contributed by atoms with van der Waals surface area (Å²) in [5.41, 5.74) is 1.57. The van der Waals surface area contributed by atoms with Gasteiger partial charge in [0.25, 0.3) is 5.91 Å². The fraction of sp³-hybridized carbons (Fsp3) is 0.281. The largest absolute Gasteiger partial charge is 0.496 e. The van der Waals surface area contributed by atoms with Crippen molar-refractivity contribution in [3.8, 4) is 5.75 Å². The van der Waals surface area contributed by atoms with Crippen LogP contribution in [-0.4, -0.2) is 41.8 Å². The first-order chi connectivity index (χ1) is 19.3. The van der Waals surface area contributed by atoms with Crippen molar-refractivity contribution in [2.45, 2.75) is 33.4 Å². The van der Waals surface area contributed by atoms with Gasteiger partial charge >= 0.3 is 0 Å². The number of ether oxygens (including phenoxy) is 1. The van der Waals surface area contributed by atoms with Crippen molar-refractivity contribution < 1.29 is 23.1 Å². The molecule has 2 amide bonds. The van der Waals surface area contributed by atoms with Gasteiger partial charge in [-0.1, -0.05) is 50.2 Å². The van der Waals surface area contributed by atoms with Crippen LogP contribution in [0.15, 0.2) is 88.3 Å². The normalized spacial score (nSPS) is 11.0. The maximum atomic E-state index is 13.8. The Morgan fingerprint density at radius 2 is 1.62 bits per heavy atom.